The molecule has 0 atom stereocenters. The van der Waals surface area contributed by atoms with Gasteiger partial charge >= 0.3 is 0 Å². The monoisotopic (exact) mass is 294 g/mol. The molecule has 1 heterocycles. The van der Waals surface area contributed by atoms with E-state index < -0.39 is 10.0 Å². The molecule has 0 bridgehead atoms. The molecule has 1 saturated carbocycles. The van der Waals surface area contributed by atoms with Crippen LogP contribution in [0.2, 0.25) is 0 Å². The molecule has 2 aliphatic rings. The van der Waals surface area contributed by atoms with Crippen LogP contribution in [0.15, 0.2) is 23.1 Å². The second-order valence-electron chi connectivity index (χ2n) is 5.52. The molecule has 1 aliphatic heterocycles. The van der Waals surface area contributed by atoms with Crippen molar-refractivity contribution in [2.45, 2.75) is 37.1 Å². The molecule has 1 aromatic carbocycles. The third-order valence-corrected chi connectivity index (χ3v) is 5.31. The fourth-order valence-corrected chi connectivity index (χ4v) is 3.51. The van der Waals surface area contributed by atoms with E-state index in [0.717, 1.165) is 37.9 Å². The Balaban J connectivity index is 1.91. The quantitative estimate of drug-likeness (QED) is 0.909. The first-order valence-corrected chi connectivity index (χ1v) is 8.38. The highest BCUT2D eigenvalue weighted by atomic mass is 32.2. The number of amides is 1. The number of rotatable bonds is 4. The molecule has 108 valence electrons. The smallest absolute Gasteiger partial charge is 0.254 e. The number of hydrogen-bond donors (Lipinski definition) is 1. The van der Waals surface area contributed by atoms with Gasteiger partial charge < -0.3 is 4.90 Å². The van der Waals surface area contributed by atoms with E-state index in [4.69, 9.17) is 0 Å². The van der Waals surface area contributed by atoms with Crippen LogP contribution < -0.4 is 4.72 Å². The number of benzene rings is 1. The van der Waals surface area contributed by atoms with E-state index in [-0.39, 0.29) is 16.8 Å². The Morgan fingerprint density at radius 1 is 1.30 bits per heavy atom. The minimum Gasteiger partial charge on any atom is -0.339 e. The van der Waals surface area contributed by atoms with E-state index in [9.17, 15) is 13.2 Å². The Hall–Kier alpha value is -1.40. The minimum atomic E-state index is -3.50. The fraction of sp³-hybridized carbons (Fsp3) is 0.500. The van der Waals surface area contributed by atoms with Crippen molar-refractivity contribution in [2.75, 3.05) is 13.1 Å². The lowest BCUT2D eigenvalue weighted by molar-refractivity contribution is 0.0651. The summed E-state index contributed by atoms with van der Waals surface area (Å²) in [5.41, 5.74) is 1.30. The zero-order valence-corrected chi connectivity index (χ0v) is 12.2. The standard InChI is InChI=1S/C14H18N2O3S/c1-10-3-6-12(20(18,19)15-11-4-5-11)9-13(10)14(17)16-7-2-8-16/h3,6,9,11,15H,2,4-5,7-8H2,1H3. The highest BCUT2D eigenvalue weighted by Gasteiger charge is 2.29. The van der Waals surface area contributed by atoms with Crippen LogP contribution in [0.4, 0.5) is 0 Å². The van der Waals surface area contributed by atoms with Gasteiger partial charge in [0.2, 0.25) is 10.0 Å². The molecule has 6 heteroatoms. The van der Waals surface area contributed by atoms with Crippen LogP contribution in [-0.4, -0.2) is 38.4 Å². The van der Waals surface area contributed by atoms with E-state index >= 15 is 0 Å². The average molecular weight is 294 g/mol. The highest BCUT2D eigenvalue weighted by Crippen LogP contribution is 2.24. The predicted molar refractivity (Wildman–Crippen MR) is 75.0 cm³/mol. The number of carbonyl (C=O) groups is 1. The van der Waals surface area contributed by atoms with Crippen molar-refractivity contribution in [3.05, 3.63) is 29.3 Å². The molecule has 0 radical (unpaired) electrons. The number of likely N-dealkylation sites (tertiary alicyclic amines) is 1. The van der Waals surface area contributed by atoms with Gasteiger partial charge in [-0.05, 0) is 43.9 Å². The Morgan fingerprint density at radius 3 is 2.55 bits per heavy atom. The maximum Gasteiger partial charge on any atom is 0.254 e. The summed E-state index contributed by atoms with van der Waals surface area (Å²) >= 11 is 0. The molecular weight excluding hydrogens is 276 g/mol. The summed E-state index contributed by atoms with van der Waals surface area (Å²) in [5.74, 6) is -0.0720. The first-order chi connectivity index (χ1) is 9.47. The van der Waals surface area contributed by atoms with Gasteiger partial charge in [0.1, 0.15) is 0 Å². The first kappa shape index (κ1) is 13.6. The zero-order chi connectivity index (χ0) is 14.3. The van der Waals surface area contributed by atoms with Gasteiger partial charge in [0.25, 0.3) is 5.91 Å². The summed E-state index contributed by atoms with van der Waals surface area (Å²) in [5, 5.41) is 0. The number of carbonyl (C=O) groups excluding carboxylic acids is 1. The lowest BCUT2D eigenvalue weighted by Crippen LogP contribution is -2.42. The summed E-state index contributed by atoms with van der Waals surface area (Å²) in [6, 6.07) is 4.83. The molecule has 1 N–H and O–H groups in total. The molecule has 5 nitrogen and oxygen atoms in total. The van der Waals surface area contributed by atoms with Crippen LogP contribution in [-0.2, 0) is 10.0 Å². The van der Waals surface area contributed by atoms with Crippen molar-refractivity contribution in [1.82, 2.24) is 9.62 Å². The molecule has 1 amide bonds. The van der Waals surface area contributed by atoms with Crippen molar-refractivity contribution in [1.29, 1.82) is 0 Å². The number of hydrogen-bond acceptors (Lipinski definition) is 3. The van der Waals surface area contributed by atoms with E-state index in [1.807, 2.05) is 6.92 Å². The third kappa shape index (κ3) is 2.58. The molecular formula is C14H18N2O3S. The lowest BCUT2D eigenvalue weighted by atomic mass is 10.1. The molecule has 3 rings (SSSR count). The predicted octanol–water partition coefficient (Wildman–Crippen LogP) is 1.28. The lowest BCUT2D eigenvalue weighted by Gasteiger charge is -2.31. The summed E-state index contributed by atoms with van der Waals surface area (Å²) in [4.78, 5) is 14.2. The van der Waals surface area contributed by atoms with Gasteiger partial charge in [-0.3, -0.25) is 4.79 Å². The first-order valence-electron chi connectivity index (χ1n) is 6.89. The van der Waals surface area contributed by atoms with Gasteiger partial charge in [0.05, 0.1) is 4.90 Å². The highest BCUT2D eigenvalue weighted by molar-refractivity contribution is 7.89. The molecule has 1 aromatic rings. The Labute approximate surface area is 119 Å². The third-order valence-electron chi connectivity index (χ3n) is 3.79. The van der Waals surface area contributed by atoms with Crippen molar-refractivity contribution in [2.24, 2.45) is 0 Å². The Morgan fingerprint density at radius 2 is 2.00 bits per heavy atom. The minimum absolute atomic E-state index is 0.0656. The van der Waals surface area contributed by atoms with E-state index in [0.29, 0.717) is 5.56 Å². The van der Waals surface area contributed by atoms with Crippen molar-refractivity contribution in [3.63, 3.8) is 0 Å². The van der Waals surface area contributed by atoms with Crippen LogP contribution in [0.5, 0.6) is 0 Å². The zero-order valence-electron chi connectivity index (χ0n) is 11.4. The maximum atomic E-state index is 12.3. The van der Waals surface area contributed by atoms with Gasteiger partial charge in [-0.15, -0.1) is 0 Å². The molecule has 1 saturated heterocycles. The normalized spacial score (nSPS) is 18.8. The summed E-state index contributed by atoms with van der Waals surface area (Å²) in [6.07, 6.45) is 2.81. The fourth-order valence-electron chi connectivity index (χ4n) is 2.18. The van der Waals surface area contributed by atoms with Gasteiger partial charge in [-0.1, -0.05) is 6.07 Å². The number of nitrogens with one attached hydrogen (secondary N) is 1. The van der Waals surface area contributed by atoms with E-state index in [1.54, 1.807) is 17.0 Å². The SMILES string of the molecule is Cc1ccc(S(=O)(=O)NC2CC2)cc1C(=O)N1CCC1. The topological polar surface area (TPSA) is 66.5 Å². The Kier molecular flexibility index (Phi) is 3.30. The van der Waals surface area contributed by atoms with Crippen molar-refractivity contribution < 1.29 is 13.2 Å². The molecule has 1 aliphatic carbocycles. The summed E-state index contributed by atoms with van der Waals surface area (Å²) < 4.78 is 27.0. The molecule has 20 heavy (non-hydrogen) atoms. The van der Waals surface area contributed by atoms with Gasteiger partial charge in [0.15, 0.2) is 0 Å². The second kappa shape index (κ2) is 4.86. The molecule has 2 fully saturated rings. The summed E-state index contributed by atoms with van der Waals surface area (Å²) in [6.45, 7) is 3.35. The number of nitrogens with zero attached hydrogens (tertiary/aromatic N) is 1. The van der Waals surface area contributed by atoms with Crippen LogP contribution in [0.25, 0.3) is 0 Å². The van der Waals surface area contributed by atoms with Crippen LogP contribution in [0, 0.1) is 6.92 Å². The largest absolute Gasteiger partial charge is 0.339 e. The van der Waals surface area contributed by atoms with Gasteiger partial charge in [-0.25, -0.2) is 13.1 Å². The van der Waals surface area contributed by atoms with Crippen LogP contribution >= 0.6 is 0 Å². The Bertz CT molecular complexity index is 646. The van der Waals surface area contributed by atoms with E-state index in [2.05, 4.69) is 4.72 Å². The average Bonchev–Trinajstić information content (AvgIpc) is 3.10. The maximum absolute atomic E-state index is 12.3. The van der Waals surface area contributed by atoms with E-state index in [1.165, 1.54) is 6.07 Å². The number of aryl methyl sites for hydroxylation is 1. The molecule has 0 aromatic heterocycles. The van der Waals surface area contributed by atoms with Gasteiger partial charge in [0, 0.05) is 24.7 Å². The van der Waals surface area contributed by atoms with Crippen LogP contribution in [0.3, 0.4) is 0 Å². The van der Waals surface area contributed by atoms with Gasteiger partial charge in [-0.2, -0.15) is 0 Å². The number of sulfonamides is 1. The molecule has 0 unspecified atom stereocenters. The van der Waals surface area contributed by atoms with Crippen LogP contribution in [0.1, 0.15) is 35.2 Å². The summed E-state index contributed by atoms with van der Waals surface area (Å²) in [7, 11) is -3.50. The second-order valence-corrected chi connectivity index (χ2v) is 7.23. The van der Waals surface area contributed by atoms with Crippen molar-refractivity contribution in [3.8, 4) is 0 Å². The van der Waals surface area contributed by atoms with Crippen molar-refractivity contribution >= 4 is 15.9 Å². The molecule has 0 spiro atoms.